The lowest BCUT2D eigenvalue weighted by Gasteiger charge is -2.29. The fourth-order valence-corrected chi connectivity index (χ4v) is 5.64. The summed E-state index contributed by atoms with van der Waals surface area (Å²) in [7, 11) is -2.00. The highest BCUT2D eigenvalue weighted by atomic mass is 35.5. The van der Waals surface area contributed by atoms with E-state index in [1.54, 1.807) is 18.3 Å². The molecule has 2 N–H and O–H groups in total. The van der Waals surface area contributed by atoms with E-state index in [1.165, 1.54) is 7.11 Å². The largest absolute Gasteiger partial charge is 0.494 e. The molecule has 8 nitrogen and oxygen atoms in total. The average molecular weight is 554 g/mol. The summed E-state index contributed by atoms with van der Waals surface area (Å²) < 4.78 is 33.8. The molecule has 0 bridgehead atoms. The van der Waals surface area contributed by atoms with Gasteiger partial charge >= 0.3 is 0 Å². The van der Waals surface area contributed by atoms with Gasteiger partial charge in [-0.2, -0.15) is 0 Å². The van der Waals surface area contributed by atoms with Crippen LogP contribution in [-0.4, -0.2) is 36.4 Å². The third kappa shape index (κ3) is 5.13. The molecule has 0 saturated carbocycles. The van der Waals surface area contributed by atoms with Crippen molar-refractivity contribution in [1.82, 2.24) is 14.9 Å². The van der Waals surface area contributed by atoms with E-state index in [9.17, 15) is 8.42 Å². The van der Waals surface area contributed by atoms with Crippen molar-refractivity contribution in [3.8, 4) is 11.4 Å². The number of methoxy groups -OCH3 is 1. The number of benzene rings is 2. The van der Waals surface area contributed by atoms with Crippen LogP contribution in [0.4, 0.5) is 11.4 Å². The summed E-state index contributed by atoms with van der Waals surface area (Å²) in [5.41, 5.74) is 3.78. The summed E-state index contributed by atoms with van der Waals surface area (Å²) in [6.07, 6.45) is 4.83. The zero-order valence-corrected chi connectivity index (χ0v) is 22.4. The second-order valence-electron chi connectivity index (χ2n) is 8.54. The number of anilines is 2. The van der Waals surface area contributed by atoms with Crippen LogP contribution in [0.3, 0.4) is 0 Å². The monoisotopic (exact) mass is 553 g/mol. The summed E-state index contributed by atoms with van der Waals surface area (Å²) in [5, 5.41) is 4.58. The number of halogens is 1. The Labute approximate surface area is 225 Å². The Morgan fingerprint density at radius 2 is 1.89 bits per heavy atom. The third-order valence-corrected chi connectivity index (χ3v) is 7.17. The maximum absolute atomic E-state index is 11.8. The molecular weight excluding hydrogens is 530 g/mol. The van der Waals surface area contributed by atoms with Crippen molar-refractivity contribution in [2.45, 2.75) is 12.1 Å². The molecular formula is C26H24ClN5O3S2. The van der Waals surface area contributed by atoms with Gasteiger partial charge in [-0.15, -0.1) is 0 Å². The highest BCUT2D eigenvalue weighted by Gasteiger charge is 2.42. The van der Waals surface area contributed by atoms with Gasteiger partial charge in [0.05, 0.1) is 30.8 Å². The van der Waals surface area contributed by atoms with Crippen LogP contribution in [0.2, 0.25) is 5.02 Å². The van der Waals surface area contributed by atoms with Crippen LogP contribution < -0.4 is 19.7 Å². The minimum Gasteiger partial charge on any atom is -0.494 e. The van der Waals surface area contributed by atoms with Gasteiger partial charge in [-0.25, -0.2) is 8.42 Å². The van der Waals surface area contributed by atoms with E-state index in [1.807, 2.05) is 71.8 Å². The second-order valence-corrected chi connectivity index (χ2v) is 11.1. The minimum atomic E-state index is -3.49. The molecule has 11 heteroatoms. The van der Waals surface area contributed by atoms with Crippen molar-refractivity contribution < 1.29 is 13.2 Å². The van der Waals surface area contributed by atoms with Gasteiger partial charge in [-0.05, 0) is 66.8 Å². The van der Waals surface area contributed by atoms with Crippen LogP contribution in [0.25, 0.3) is 5.69 Å². The van der Waals surface area contributed by atoms with Gasteiger partial charge in [-0.1, -0.05) is 23.7 Å². The number of sulfonamides is 1. The van der Waals surface area contributed by atoms with Crippen molar-refractivity contribution in [2.75, 3.05) is 23.0 Å². The van der Waals surface area contributed by atoms with E-state index in [0.29, 0.717) is 21.6 Å². The van der Waals surface area contributed by atoms with Crippen LogP contribution in [0.5, 0.6) is 5.75 Å². The Kier molecular flexibility index (Phi) is 6.80. The third-order valence-electron chi connectivity index (χ3n) is 6.03. The number of nitrogens with zero attached hydrogens (tertiary/aromatic N) is 3. The maximum Gasteiger partial charge on any atom is 0.229 e. The zero-order valence-electron chi connectivity index (χ0n) is 20.0. The summed E-state index contributed by atoms with van der Waals surface area (Å²) in [4.78, 5) is 6.61. The van der Waals surface area contributed by atoms with Crippen LogP contribution in [0, 0.1) is 0 Å². The molecule has 4 aromatic rings. The molecule has 190 valence electrons. The van der Waals surface area contributed by atoms with Gasteiger partial charge in [-0.3, -0.25) is 9.71 Å². The summed E-state index contributed by atoms with van der Waals surface area (Å²) in [6.45, 7) is 0. The highest BCUT2D eigenvalue weighted by molar-refractivity contribution is 7.92. The van der Waals surface area contributed by atoms with E-state index in [0.717, 1.165) is 29.0 Å². The molecule has 1 aliphatic heterocycles. The van der Waals surface area contributed by atoms with E-state index in [2.05, 4.69) is 19.6 Å². The summed E-state index contributed by atoms with van der Waals surface area (Å²) in [5.74, 6) is 0.371. The van der Waals surface area contributed by atoms with Crippen LogP contribution in [-0.2, 0) is 10.0 Å². The Morgan fingerprint density at radius 1 is 1.05 bits per heavy atom. The second kappa shape index (κ2) is 10.0. The number of nitrogens with one attached hydrogen (secondary N) is 2. The first-order valence-corrected chi connectivity index (χ1v) is 14.0. The van der Waals surface area contributed by atoms with Crippen LogP contribution >= 0.6 is 23.8 Å². The maximum atomic E-state index is 11.8. The number of pyridine rings is 1. The van der Waals surface area contributed by atoms with Crippen molar-refractivity contribution in [3.05, 3.63) is 102 Å². The van der Waals surface area contributed by atoms with Crippen LogP contribution in [0.15, 0.2) is 85.2 Å². The number of aromatic nitrogens is 2. The first kappa shape index (κ1) is 25.1. The first-order chi connectivity index (χ1) is 17.7. The SMILES string of the molecule is COc1cc(N2C(=S)N[C@@H](c3ccccn3)[C@@H]2c2cccn2-c2cccc(Cl)c2)ccc1NS(C)(=O)=O. The lowest BCUT2D eigenvalue weighted by molar-refractivity contribution is 0.417. The zero-order chi connectivity index (χ0) is 26.2. The molecule has 2 atom stereocenters. The molecule has 1 fully saturated rings. The van der Waals surface area contributed by atoms with Gasteiger partial charge in [0.25, 0.3) is 0 Å². The standard InChI is InChI=1S/C26H24ClN5O3S2/c1-35-23-16-19(11-12-20(23)30-37(2,33)34)32-25(24(29-26(32)36)21-9-3-4-13-28-21)22-10-6-14-31(22)18-8-5-7-17(27)15-18/h3-16,24-25,30H,1-2H3,(H,29,36)/t24-,25-/m0/s1. The Bertz CT molecular complexity index is 1560. The molecule has 0 unspecified atom stereocenters. The van der Waals surface area contributed by atoms with Gasteiger partial charge in [0.15, 0.2) is 5.11 Å². The van der Waals surface area contributed by atoms with Gasteiger partial charge in [0, 0.05) is 40.6 Å². The average Bonchev–Trinajstić information content (AvgIpc) is 3.48. The number of hydrogen-bond donors (Lipinski definition) is 2. The van der Waals surface area contributed by atoms with E-state index in [-0.39, 0.29) is 12.1 Å². The van der Waals surface area contributed by atoms with E-state index >= 15 is 0 Å². The first-order valence-electron chi connectivity index (χ1n) is 11.3. The fraction of sp³-hybridized carbons (Fsp3) is 0.154. The number of hydrogen-bond acceptors (Lipinski definition) is 5. The predicted octanol–water partition coefficient (Wildman–Crippen LogP) is 5.08. The molecule has 1 saturated heterocycles. The van der Waals surface area contributed by atoms with Crippen molar-refractivity contribution >= 4 is 50.3 Å². The molecule has 2 aromatic heterocycles. The number of ether oxygens (including phenoxy) is 1. The highest BCUT2D eigenvalue weighted by Crippen LogP contribution is 2.44. The Hall–Kier alpha value is -3.60. The lowest BCUT2D eigenvalue weighted by Crippen LogP contribution is -2.30. The van der Waals surface area contributed by atoms with E-state index < -0.39 is 10.0 Å². The Morgan fingerprint density at radius 3 is 2.59 bits per heavy atom. The van der Waals surface area contributed by atoms with Crippen molar-refractivity contribution in [3.63, 3.8) is 0 Å². The summed E-state index contributed by atoms with van der Waals surface area (Å²) >= 11 is 12.1. The van der Waals surface area contributed by atoms with Crippen molar-refractivity contribution in [2.24, 2.45) is 0 Å². The molecule has 5 rings (SSSR count). The predicted molar refractivity (Wildman–Crippen MR) is 150 cm³/mol. The molecule has 37 heavy (non-hydrogen) atoms. The molecule has 0 radical (unpaired) electrons. The number of thiocarbonyl (C=S) groups is 1. The molecule has 0 aliphatic carbocycles. The molecule has 0 amide bonds. The normalized spacial score (nSPS) is 17.5. The van der Waals surface area contributed by atoms with Gasteiger partial charge in [0.1, 0.15) is 11.8 Å². The topological polar surface area (TPSA) is 88.5 Å². The minimum absolute atomic E-state index is 0.263. The smallest absolute Gasteiger partial charge is 0.229 e. The summed E-state index contributed by atoms with van der Waals surface area (Å²) in [6, 6.07) is 22.1. The lowest BCUT2D eigenvalue weighted by atomic mass is 10.0. The quantitative estimate of drug-likeness (QED) is 0.308. The van der Waals surface area contributed by atoms with Gasteiger partial charge < -0.3 is 19.5 Å². The molecule has 2 aromatic carbocycles. The van der Waals surface area contributed by atoms with Crippen LogP contribution in [0.1, 0.15) is 23.5 Å². The van der Waals surface area contributed by atoms with Gasteiger partial charge in [0.2, 0.25) is 10.0 Å². The molecule has 1 aliphatic rings. The van der Waals surface area contributed by atoms with E-state index in [4.69, 9.17) is 28.6 Å². The molecule has 3 heterocycles. The fourth-order valence-electron chi connectivity index (χ4n) is 4.54. The molecule has 0 spiro atoms. The Balaban J connectivity index is 1.65. The number of rotatable bonds is 7. The van der Waals surface area contributed by atoms with Crippen molar-refractivity contribution in [1.29, 1.82) is 0 Å².